The van der Waals surface area contributed by atoms with Crippen LogP contribution < -0.4 is 10.7 Å². The number of esters is 1. The lowest BCUT2D eigenvalue weighted by molar-refractivity contribution is -0.732. The SMILES string of the molecule is CCn1c(-c2cccnc2[C@H](C)OC)c2c3cc(ccc31)-c1cccc(c1)C[C@H](NC(=O)[C@H](C(C)C)N(C)[N+](=O)[C@H]1CCN(C(=O)C#C[C@@H]3CCN3C)C1)C(=O)N1CCC[C@H](N1)C(=O)OCC(C)(C)C2. The predicted molar refractivity (Wildman–Crippen MR) is 267 cm³/mol. The molecule has 2 N–H and O–H groups in total. The summed E-state index contributed by atoms with van der Waals surface area (Å²) in [4.78, 5) is 79.8. The van der Waals surface area contributed by atoms with E-state index in [4.69, 9.17) is 14.5 Å². The van der Waals surface area contributed by atoms with E-state index in [0.29, 0.717) is 45.3 Å². The zero-order valence-electron chi connectivity index (χ0n) is 42.3. The number of hydrogen-bond donors (Lipinski definition) is 2. The van der Waals surface area contributed by atoms with Crippen LogP contribution in [-0.2, 0) is 48.0 Å². The van der Waals surface area contributed by atoms with Gasteiger partial charge in [-0.2, -0.15) is 0 Å². The first-order chi connectivity index (χ1) is 33.5. The highest BCUT2D eigenvalue weighted by Gasteiger charge is 2.45. The average molecular weight is 957 g/mol. The van der Waals surface area contributed by atoms with E-state index in [-0.39, 0.29) is 43.5 Å². The number of ether oxygens (including phenoxy) is 2. The minimum Gasteiger partial charge on any atom is -0.464 e. The molecule has 2 aromatic carbocycles. The molecule has 0 saturated carbocycles. The molecule has 16 nitrogen and oxygen atoms in total. The summed E-state index contributed by atoms with van der Waals surface area (Å²) >= 11 is 0. The fourth-order valence-electron chi connectivity index (χ4n) is 10.6. The van der Waals surface area contributed by atoms with Crippen molar-refractivity contribution in [2.75, 3.05) is 54.0 Å². The Bertz CT molecular complexity index is 2700. The summed E-state index contributed by atoms with van der Waals surface area (Å²) < 4.78 is 14.3. The molecule has 6 atom stereocenters. The third-order valence-corrected chi connectivity index (χ3v) is 14.6. The van der Waals surface area contributed by atoms with Gasteiger partial charge in [-0.15, -0.1) is 5.01 Å². The van der Waals surface area contributed by atoms with E-state index in [2.05, 4.69) is 89.2 Å². The van der Waals surface area contributed by atoms with Crippen molar-refractivity contribution >= 4 is 34.6 Å². The monoisotopic (exact) mass is 957 g/mol. The van der Waals surface area contributed by atoms with E-state index in [1.807, 2.05) is 46.0 Å². The Balaban J connectivity index is 1.12. The average Bonchev–Trinajstić information content (AvgIpc) is 3.97. The second kappa shape index (κ2) is 21.1. The van der Waals surface area contributed by atoms with Crippen LogP contribution in [0.4, 0.5) is 0 Å². The highest BCUT2D eigenvalue weighted by Crippen LogP contribution is 2.42. The number of aryl methyl sites for hydroxylation is 1. The van der Waals surface area contributed by atoms with Crippen molar-refractivity contribution in [3.63, 3.8) is 0 Å². The van der Waals surface area contributed by atoms with Crippen LogP contribution in [0.2, 0.25) is 0 Å². The molecule has 4 aromatic rings. The van der Waals surface area contributed by atoms with Crippen molar-refractivity contribution in [3.8, 4) is 34.2 Å². The first kappa shape index (κ1) is 50.2. The van der Waals surface area contributed by atoms with Crippen molar-refractivity contribution in [1.29, 1.82) is 0 Å². The lowest BCUT2D eigenvalue weighted by atomic mass is 9.84. The number of nitrogens with one attached hydrogen (secondary N) is 2. The van der Waals surface area contributed by atoms with Crippen molar-refractivity contribution in [2.45, 2.75) is 123 Å². The van der Waals surface area contributed by atoms with Crippen LogP contribution in [0.25, 0.3) is 33.3 Å². The number of nitrogens with zero attached hydrogens (tertiary/aromatic N) is 7. The molecular formula is C54H70N9O7+. The number of rotatable bonds is 10. The molecule has 4 aliphatic rings. The van der Waals surface area contributed by atoms with Gasteiger partial charge in [0.15, 0.2) is 6.04 Å². The maximum absolute atomic E-state index is 14.8. The molecule has 16 heteroatoms. The zero-order valence-corrected chi connectivity index (χ0v) is 42.3. The molecule has 3 fully saturated rings. The van der Waals surface area contributed by atoms with Gasteiger partial charge in [-0.05, 0) is 105 Å². The van der Waals surface area contributed by atoms with Crippen LogP contribution in [0.1, 0.15) is 90.2 Å². The highest BCUT2D eigenvalue weighted by atomic mass is 16.5. The number of cyclic esters (lactones) is 1. The maximum Gasteiger partial charge on any atom is 0.324 e. The van der Waals surface area contributed by atoms with Crippen LogP contribution in [0.5, 0.6) is 0 Å². The summed E-state index contributed by atoms with van der Waals surface area (Å²) in [6, 6.07) is 15.3. The van der Waals surface area contributed by atoms with Gasteiger partial charge in [-0.3, -0.25) is 34.1 Å². The molecule has 372 valence electrons. The number of hydrogen-bond acceptors (Lipinski definition) is 10. The van der Waals surface area contributed by atoms with Gasteiger partial charge in [0.1, 0.15) is 17.0 Å². The van der Waals surface area contributed by atoms with Gasteiger partial charge in [0.25, 0.3) is 17.9 Å². The van der Waals surface area contributed by atoms with Crippen LogP contribution in [-0.4, -0.2) is 142 Å². The molecule has 70 heavy (non-hydrogen) atoms. The Labute approximate surface area is 411 Å². The number of nitroso groups, excluding NO2 is 1. The molecule has 0 unspecified atom stereocenters. The Morgan fingerprint density at radius 3 is 2.54 bits per heavy atom. The minimum atomic E-state index is -1.07. The third-order valence-electron chi connectivity index (χ3n) is 14.6. The second-order valence-corrected chi connectivity index (χ2v) is 20.7. The molecule has 6 heterocycles. The molecule has 3 saturated heterocycles. The van der Waals surface area contributed by atoms with Crippen LogP contribution in [0.15, 0.2) is 60.8 Å². The summed E-state index contributed by atoms with van der Waals surface area (Å²) in [5, 5.41) is 6.97. The van der Waals surface area contributed by atoms with Crippen molar-refractivity contribution < 1.29 is 33.5 Å². The minimum absolute atomic E-state index is 0.0698. The molecule has 0 spiro atoms. The van der Waals surface area contributed by atoms with Gasteiger partial charge >= 0.3 is 5.97 Å². The fourth-order valence-corrected chi connectivity index (χ4v) is 10.6. The van der Waals surface area contributed by atoms with Crippen molar-refractivity contribution in [2.24, 2.45) is 11.3 Å². The van der Waals surface area contributed by atoms with Crippen molar-refractivity contribution in [3.05, 3.63) is 82.5 Å². The molecular weight excluding hydrogens is 887 g/mol. The summed E-state index contributed by atoms with van der Waals surface area (Å²) in [6.45, 7) is 14.8. The number of likely N-dealkylation sites (N-methyl/N-ethyl adjacent to an activating group) is 1. The number of carbonyl (C=O) groups is 4. The number of pyridine rings is 1. The van der Waals surface area contributed by atoms with Gasteiger partial charge in [0.2, 0.25) is 5.91 Å². The zero-order chi connectivity index (χ0) is 50.0. The number of carbonyl (C=O) groups excluding carboxylic acids is 4. The van der Waals surface area contributed by atoms with Gasteiger partial charge in [-0.1, -0.05) is 63.9 Å². The summed E-state index contributed by atoms with van der Waals surface area (Å²) in [7, 11) is 5.25. The molecule has 0 radical (unpaired) electrons. The van der Waals surface area contributed by atoms with E-state index < -0.39 is 47.4 Å². The number of amides is 3. The fraction of sp³-hybridized carbons (Fsp3) is 0.537. The van der Waals surface area contributed by atoms with Crippen LogP contribution >= 0.6 is 0 Å². The Morgan fingerprint density at radius 2 is 1.83 bits per heavy atom. The lowest BCUT2D eigenvalue weighted by Crippen LogP contribution is -2.62. The Morgan fingerprint density at radius 1 is 1.04 bits per heavy atom. The largest absolute Gasteiger partial charge is 0.464 e. The standard InChI is InChI=1S/C54H69N9O7/c1-10-61-46-20-18-38-30-42(46)43(50(61)41-16-12-24-55-48(41)35(4)69-9)31-54(5,6)33-70-53(67)44-17-13-25-62(57-44)52(66)45(29-36-14-11-15-37(38)28-36)56-51(65)49(34(2)3)59(8)63(68)40-23-27-60(32-40)47(64)21-19-39-22-26-58(39)7/h11-12,14-16,18,20,24,28,30,34-35,39-40,44-45,49,57H,10,13,17,22-23,25-27,29,31-33H2,1-9H3/p+1/t35-,39+,40-,44-,45-,49-/m0/s1. The van der Waals surface area contributed by atoms with Gasteiger partial charge < -0.3 is 24.3 Å². The smallest absolute Gasteiger partial charge is 0.324 e. The molecule has 8 rings (SSSR count). The highest BCUT2D eigenvalue weighted by molar-refractivity contribution is 5.96. The summed E-state index contributed by atoms with van der Waals surface area (Å²) in [5.74, 6) is 3.82. The molecule has 0 aliphatic carbocycles. The first-order valence-corrected chi connectivity index (χ1v) is 24.9. The number of fused-ring (bicyclic) bond motifs is 6. The Hall–Kier alpha value is -6.15. The first-order valence-electron chi connectivity index (χ1n) is 24.9. The number of methoxy groups -OCH3 is 1. The molecule has 4 aliphatic heterocycles. The second-order valence-electron chi connectivity index (χ2n) is 20.7. The van der Waals surface area contributed by atoms with E-state index in [0.717, 1.165) is 67.9 Å². The molecule has 3 amide bonds. The third kappa shape index (κ3) is 10.5. The van der Waals surface area contributed by atoms with Crippen LogP contribution in [0.3, 0.4) is 0 Å². The molecule has 2 aromatic heterocycles. The van der Waals surface area contributed by atoms with Crippen LogP contribution in [0, 0.1) is 28.1 Å². The lowest BCUT2D eigenvalue weighted by Gasteiger charge is -2.36. The van der Waals surface area contributed by atoms with Gasteiger partial charge in [0, 0.05) is 74.2 Å². The van der Waals surface area contributed by atoms with E-state index >= 15 is 0 Å². The normalized spacial score (nSPS) is 22.6. The summed E-state index contributed by atoms with van der Waals surface area (Å²) in [5.41, 5.74) is 10.5. The van der Waals surface area contributed by atoms with E-state index in [1.165, 1.54) is 10.0 Å². The van der Waals surface area contributed by atoms with E-state index in [9.17, 15) is 24.1 Å². The number of aromatic nitrogens is 2. The van der Waals surface area contributed by atoms with Gasteiger partial charge in [0.05, 0.1) is 48.6 Å². The maximum atomic E-state index is 14.8. The van der Waals surface area contributed by atoms with Gasteiger partial charge in [-0.25, -0.2) is 5.43 Å². The quantitative estimate of drug-likeness (QED) is 0.0869. The topological polar surface area (TPSA) is 162 Å². The van der Waals surface area contributed by atoms with Crippen molar-refractivity contribution in [1.82, 2.24) is 40.1 Å². The van der Waals surface area contributed by atoms with E-state index in [1.54, 1.807) is 25.3 Å². The predicted octanol–water partition coefficient (Wildman–Crippen LogP) is 5.70. The number of hydrazine groups is 2. The molecule has 6 bridgehead atoms. The number of benzene rings is 2. The Kier molecular flexibility index (Phi) is 15.1. The summed E-state index contributed by atoms with van der Waals surface area (Å²) in [6.07, 6.45) is 4.62. The number of likely N-dealkylation sites (tertiary alicyclic amines) is 2.